The Morgan fingerprint density at radius 2 is 2.20 bits per heavy atom. The lowest BCUT2D eigenvalue weighted by atomic mass is 9.88. The largest absolute Gasteiger partial charge is 0.368 e. The molecule has 3 heteroatoms. The highest BCUT2D eigenvalue weighted by Crippen LogP contribution is 2.32. The quantitative estimate of drug-likeness (QED) is 0.698. The number of hydrogen-bond acceptors (Lipinski definition) is 2. The Hall–Kier alpha value is -0.570. The van der Waals surface area contributed by atoms with E-state index in [1.54, 1.807) is 0 Å². The number of hydrogen-bond donors (Lipinski definition) is 2. The molecule has 0 aromatic rings. The predicted molar refractivity (Wildman–Crippen MR) is 62.5 cm³/mol. The second-order valence-electron chi connectivity index (χ2n) is 4.78. The van der Waals surface area contributed by atoms with Crippen molar-refractivity contribution in [2.75, 3.05) is 7.05 Å². The van der Waals surface area contributed by atoms with Crippen LogP contribution < -0.4 is 11.1 Å². The number of rotatable bonds is 4. The Morgan fingerprint density at radius 3 is 2.73 bits per heavy atom. The lowest BCUT2D eigenvalue weighted by molar-refractivity contribution is -0.124. The van der Waals surface area contributed by atoms with Crippen LogP contribution in [0.3, 0.4) is 0 Å². The number of likely N-dealkylation sites (N-methyl/N-ethyl adjacent to an activating group) is 1. The van der Waals surface area contributed by atoms with Crippen LogP contribution in [-0.4, -0.2) is 18.5 Å². The van der Waals surface area contributed by atoms with Gasteiger partial charge in [-0.3, -0.25) is 4.79 Å². The lowest BCUT2D eigenvalue weighted by Gasteiger charge is -2.28. The first-order valence-electron chi connectivity index (χ1n) is 6.13. The van der Waals surface area contributed by atoms with Gasteiger partial charge in [0.1, 0.15) is 0 Å². The fourth-order valence-electron chi connectivity index (χ4n) is 2.73. The van der Waals surface area contributed by atoms with Gasteiger partial charge in [0.2, 0.25) is 5.91 Å². The van der Waals surface area contributed by atoms with Gasteiger partial charge >= 0.3 is 0 Å². The summed E-state index contributed by atoms with van der Waals surface area (Å²) < 4.78 is 0. The van der Waals surface area contributed by atoms with Crippen LogP contribution in [-0.2, 0) is 4.79 Å². The first kappa shape index (κ1) is 12.5. The van der Waals surface area contributed by atoms with Crippen LogP contribution in [0.4, 0.5) is 0 Å². The molecular formula is C12H24N2O. The molecule has 0 aromatic carbocycles. The molecule has 0 aliphatic heterocycles. The van der Waals surface area contributed by atoms with Gasteiger partial charge in [0.25, 0.3) is 0 Å². The molecule has 2 unspecified atom stereocenters. The van der Waals surface area contributed by atoms with Crippen LogP contribution in [0.25, 0.3) is 0 Å². The van der Waals surface area contributed by atoms with Gasteiger partial charge in [0.15, 0.2) is 0 Å². The van der Waals surface area contributed by atoms with Gasteiger partial charge in [-0.1, -0.05) is 32.6 Å². The summed E-state index contributed by atoms with van der Waals surface area (Å²) in [7, 11) is 1.85. The number of primary amides is 1. The molecule has 0 heterocycles. The van der Waals surface area contributed by atoms with Crippen molar-refractivity contribution in [2.24, 2.45) is 11.7 Å². The summed E-state index contributed by atoms with van der Waals surface area (Å²) in [5.41, 5.74) is 5.07. The van der Waals surface area contributed by atoms with E-state index in [0.717, 1.165) is 31.6 Å². The summed E-state index contributed by atoms with van der Waals surface area (Å²) in [5.74, 6) is 0.617. The molecular weight excluding hydrogens is 188 g/mol. The average molecular weight is 212 g/mol. The third kappa shape index (κ3) is 2.94. The molecule has 0 spiro atoms. The van der Waals surface area contributed by atoms with Crippen LogP contribution in [0.1, 0.15) is 51.9 Å². The summed E-state index contributed by atoms with van der Waals surface area (Å²) in [6, 6.07) is 0. The summed E-state index contributed by atoms with van der Waals surface area (Å²) in [6.07, 6.45) is 7.85. The van der Waals surface area contributed by atoms with E-state index in [0.29, 0.717) is 0 Å². The average Bonchev–Trinajstić information content (AvgIpc) is 2.42. The lowest BCUT2D eigenvalue weighted by Crippen LogP contribution is -2.53. The Kier molecular flexibility index (Phi) is 4.58. The summed E-state index contributed by atoms with van der Waals surface area (Å²) in [5, 5.41) is 3.14. The number of carbonyl (C=O) groups is 1. The van der Waals surface area contributed by atoms with E-state index in [1.807, 2.05) is 7.05 Å². The Bertz CT molecular complexity index is 218. The zero-order chi connectivity index (χ0) is 11.3. The molecule has 0 bridgehead atoms. The molecule has 0 saturated heterocycles. The molecule has 3 N–H and O–H groups in total. The second kappa shape index (κ2) is 5.50. The molecule has 1 fully saturated rings. The maximum Gasteiger partial charge on any atom is 0.237 e. The first-order valence-corrected chi connectivity index (χ1v) is 6.13. The molecule has 2 atom stereocenters. The van der Waals surface area contributed by atoms with Crippen molar-refractivity contribution < 1.29 is 4.79 Å². The fraction of sp³-hybridized carbons (Fsp3) is 0.917. The smallest absolute Gasteiger partial charge is 0.237 e. The zero-order valence-corrected chi connectivity index (χ0v) is 10.0. The minimum absolute atomic E-state index is 0.179. The number of nitrogens with two attached hydrogens (primary N) is 1. The molecule has 1 aliphatic carbocycles. The van der Waals surface area contributed by atoms with Gasteiger partial charge in [-0.2, -0.15) is 0 Å². The van der Waals surface area contributed by atoms with E-state index < -0.39 is 5.54 Å². The highest BCUT2D eigenvalue weighted by Gasteiger charge is 2.36. The maximum absolute atomic E-state index is 11.5. The van der Waals surface area contributed by atoms with Gasteiger partial charge in [0.05, 0.1) is 5.54 Å². The topological polar surface area (TPSA) is 55.1 Å². The van der Waals surface area contributed by atoms with E-state index in [4.69, 9.17) is 5.73 Å². The Morgan fingerprint density at radius 1 is 1.47 bits per heavy atom. The minimum atomic E-state index is -0.428. The van der Waals surface area contributed by atoms with Crippen LogP contribution in [0.2, 0.25) is 0 Å². The predicted octanol–water partition coefficient (Wildman–Crippen LogP) is 1.81. The monoisotopic (exact) mass is 212 g/mol. The van der Waals surface area contributed by atoms with Crippen LogP contribution in [0.5, 0.6) is 0 Å². The number of amides is 1. The van der Waals surface area contributed by atoms with E-state index in [1.165, 1.54) is 19.3 Å². The number of carbonyl (C=O) groups excluding carboxylic acids is 1. The zero-order valence-electron chi connectivity index (χ0n) is 10.0. The molecule has 0 aromatic heterocycles. The maximum atomic E-state index is 11.5. The van der Waals surface area contributed by atoms with E-state index in [2.05, 4.69) is 12.2 Å². The molecule has 1 rings (SSSR count). The van der Waals surface area contributed by atoms with Crippen molar-refractivity contribution in [3.05, 3.63) is 0 Å². The van der Waals surface area contributed by atoms with Crippen molar-refractivity contribution >= 4 is 5.91 Å². The molecule has 15 heavy (non-hydrogen) atoms. The van der Waals surface area contributed by atoms with Gasteiger partial charge in [0, 0.05) is 0 Å². The van der Waals surface area contributed by atoms with Crippen molar-refractivity contribution in [1.29, 1.82) is 0 Å². The molecule has 1 saturated carbocycles. The normalized spacial score (nSPS) is 32.3. The molecule has 88 valence electrons. The summed E-state index contributed by atoms with van der Waals surface area (Å²) in [4.78, 5) is 11.5. The van der Waals surface area contributed by atoms with Gasteiger partial charge in [-0.05, 0) is 32.2 Å². The third-order valence-electron chi connectivity index (χ3n) is 3.84. The third-order valence-corrected chi connectivity index (χ3v) is 3.84. The van der Waals surface area contributed by atoms with Crippen molar-refractivity contribution in [3.63, 3.8) is 0 Å². The Balaban J connectivity index is 2.60. The minimum Gasteiger partial charge on any atom is -0.368 e. The van der Waals surface area contributed by atoms with E-state index >= 15 is 0 Å². The standard InChI is InChI=1S/C12H24N2O/c1-3-5-10-6-4-8-12(14-2,9-7-10)11(13)15/h10,14H,3-9H2,1-2H3,(H2,13,15). The van der Waals surface area contributed by atoms with Crippen LogP contribution in [0.15, 0.2) is 0 Å². The summed E-state index contributed by atoms with van der Waals surface area (Å²) >= 11 is 0. The van der Waals surface area contributed by atoms with Gasteiger partial charge in [-0.15, -0.1) is 0 Å². The fourth-order valence-corrected chi connectivity index (χ4v) is 2.73. The van der Waals surface area contributed by atoms with Crippen molar-refractivity contribution in [1.82, 2.24) is 5.32 Å². The molecule has 0 radical (unpaired) electrons. The summed E-state index contributed by atoms with van der Waals surface area (Å²) in [6.45, 7) is 2.23. The SMILES string of the molecule is CCCC1CCCC(NC)(C(N)=O)CC1. The van der Waals surface area contributed by atoms with Crippen molar-refractivity contribution in [3.8, 4) is 0 Å². The number of nitrogens with one attached hydrogen (secondary N) is 1. The first-order chi connectivity index (χ1) is 7.14. The van der Waals surface area contributed by atoms with Crippen LogP contribution in [0, 0.1) is 5.92 Å². The highest BCUT2D eigenvalue weighted by molar-refractivity contribution is 5.84. The van der Waals surface area contributed by atoms with E-state index in [9.17, 15) is 4.79 Å². The molecule has 1 amide bonds. The molecule has 1 aliphatic rings. The van der Waals surface area contributed by atoms with Gasteiger partial charge < -0.3 is 11.1 Å². The Labute approximate surface area is 92.8 Å². The van der Waals surface area contributed by atoms with Crippen molar-refractivity contribution in [2.45, 2.75) is 57.4 Å². The van der Waals surface area contributed by atoms with E-state index in [-0.39, 0.29) is 5.91 Å². The second-order valence-corrected chi connectivity index (χ2v) is 4.78. The highest BCUT2D eigenvalue weighted by atomic mass is 16.1. The molecule has 3 nitrogen and oxygen atoms in total. The van der Waals surface area contributed by atoms with Gasteiger partial charge in [-0.25, -0.2) is 0 Å². The van der Waals surface area contributed by atoms with Crippen LogP contribution >= 0.6 is 0 Å².